The molecule has 2 fully saturated rings. The minimum atomic E-state index is -0.306. The summed E-state index contributed by atoms with van der Waals surface area (Å²) in [6.07, 6.45) is 3.52. The van der Waals surface area contributed by atoms with Crippen LogP contribution in [0.15, 0.2) is 48.7 Å². The molecule has 26 heavy (non-hydrogen) atoms. The predicted octanol–water partition coefficient (Wildman–Crippen LogP) is 2.38. The van der Waals surface area contributed by atoms with E-state index in [1.807, 2.05) is 18.2 Å². The average molecular weight is 354 g/mol. The van der Waals surface area contributed by atoms with Crippen molar-refractivity contribution in [2.45, 2.75) is 31.2 Å². The first-order chi connectivity index (χ1) is 12.6. The van der Waals surface area contributed by atoms with Crippen molar-refractivity contribution in [3.05, 3.63) is 59.9 Å². The number of ether oxygens (including phenoxy) is 2. The van der Waals surface area contributed by atoms with Gasteiger partial charge in [0.1, 0.15) is 11.4 Å². The Hall–Kier alpha value is -2.44. The lowest BCUT2D eigenvalue weighted by Gasteiger charge is -2.53. The molecule has 1 spiro atoms. The zero-order valence-corrected chi connectivity index (χ0v) is 14.5. The van der Waals surface area contributed by atoms with Gasteiger partial charge in [-0.1, -0.05) is 12.1 Å². The Balaban J connectivity index is 1.32. The van der Waals surface area contributed by atoms with Crippen molar-refractivity contribution in [2.24, 2.45) is 0 Å². The maximum Gasteiger partial charge on any atom is 0.254 e. The van der Waals surface area contributed by atoms with Crippen molar-refractivity contribution in [1.82, 2.24) is 9.88 Å². The fourth-order valence-corrected chi connectivity index (χ4v) is 3.65. The minimum absolute atomic E-state index is 0.0772. The summed E-state index contributed by atoms with van der Waals surface area (Å²) >= 11 is 0. The molecule has 1 aromatic heterocycles. The quantitative estimate of drug-likeness (QED) is 0.913. The summed E-state index contributed by atoms with van der Waals surface area (Å²) in [5, 5.41) is 9.55. The molecular weight excluding hydrogens is 332 g/mol. The lowest BCUT2D eigenvalue weighted by Crippen LogP contribution is -2.67. The summed E-state index contributed by atoms with van der Waals surface area (Å²) in [7, 11) is 0. The van der Waals surface area contributed by atoms with Crippen LogP contribution >= 0.6 is 0 Å². The molecule has 6 heteroatoms. The third-order valence-corrected chi connectivity index (χ3v) is 4.98. The second-order valence-electron chi connectivity index (χ2n) is 6.99. The molecule has 3 heterocycles. The van der Waals surface area contributed by atoms with Crippen molar-refractivity contribution >= 4 is 5.91 Å². The number of rotatable bonds is 4. The molecule has 0 radical (unpaired) electrons. The number of hydrogen-bond acceptors (Lipinski definition) is 5. The Morgan fingerprint density at radius 1 is 1.31 bits per heavy atom. The van der Waals surface area contributed by atoms with Crippen LogP contribution < -0.4 is 0 Å². The van der Waals surface area contributed by atoms with Crippen LogP contribution in [0, 0.1) is 0 Å². The molecule has 1 atom stereocenters. The Kier molecular flexibility index (Phi) is 4.61. The van der Waals surface area contributed by atoms with Crippen molar-refractivity contribution in [3.63, 3.8) is 0 Å². The molecule has 6 nitrogen and oxygen atoms in total. The number of likely N-dealkylation sites (tertiary alicyclic amines) is 1. The number of aromatic nitrogens is 1. The van der Waals surface area contributed by atoms with E-state index in [2.05, 4.69) is 4.98 Å². The number of aromatic hydroxyl groups is 1. The Labute approximate surface area is 152 Å². The van der Waals surface area contributed by atoms with E-state index in [4.69, 9.17) is 9.47 Å². The van der Waals surface area contributed by atoms with Gasteiger partial charge in [0.05, 0.1) is 31.5 Å². The minimum Gasteiger partial charge on any atom is -0.508 e. The van der Waals surface area contributed by atoms with E-state index < -0.39 is 0 Å². The first-order valence-electron chi connectivity index (χ1n) is 8.87. The number of phenols is 1. The van der Waals surface area contributed by atoms with Crippen LogP contribution in [-0.4, -0.2) is 52.3 Å². The van der Waals surface area contributed by atoms with Gasteiger partial charge in [-0.15, -0.1) is 0 Å². The zero-order valence-electron chi connectivity index (χ0n) is 14.5. The molecule has 1 amide bonds. The van der Waals surface area contributed by atoms with Gasteiger partial charge in [-0.05, 0) is 36.8 Å². The third-order valence-electron chi connectivity index (χ3n) is 4.98. The SMILES string of the molecule is O=C(c1cccc(O)c1)N1CC2(CC(OCc3ccccn3)CCO2)C1. The first kappa shape index (κ1) is 17.0. The number of phenolic OH excluding ortho intramolecular Hbond substituents is 1. The Morgan fingerprint density at radius 2 is 2.19 bits per heavy atom. The summed E-state index contributed by atoms with van der Waals surface area (Å²) < 4.78 is 12.0. The lowest BCUT2D eigenvalue weighted by atomic mass is 9.84. The van der Waals surface area contributed by atoms with E-state index >= 15 is 0 Å². The number of nitrogens with zero attached hydrogens (tertiary/aromatic N) is 2. The summed E-state index contributed by atoms with van der Waals surface area (Å²) in [5.74, 6) is 0.0228. The molecule has 2 aromatic rings. The van der Waals surface area contributed by atoms with E-state index in [1.54, 1.807) is 29.3 Å². The highest BCUT2D eigenvalue weighted by Crippen LogP contribution is 2.36. The average Bonchev–Trinajstić information content (AvgIpc) is 2.65. The largest absolute Gasteiger partial charge is 0.508 e. The van der Waals surface area contributed by atoms with Crippen molar-refractivity contribution in [1.29, 1.82) is 0 Å². The molecular formula is C20H22N2O4. The summed E-state index contributed by atoms with van der Waals surface area (Å²) in [6.45, 7) is 2.25. The predicted molar refractivity (Wildman–Crippen MR) is 94.7 cm³/mol. The van der Waals surface area contributed by atoms with Gasteiger partial charge in [-0.2, -0.15) is 0 Å². The molecule has 0 saturated carbocycles. The van der Waals surface area contributed by atoms with Gasteiger partial charge >= 0.3 is 0 Å². The van der Waals surface area contributed by atoms with Crippen molar-refractivity contribution in [3.8, 4) is 5.75 Å². The molecule has 0 bridgehead atoms. The zero-order chi connectivity index (χ0) is 18.0. The van der Waals surface area contributed by atoms with Crippen molar-refractivity contribution < 1.29 is 19.4 Å². The van der Waals surface area contributed by atoms with E-state index in [-0.39, 0.29) is 23.4 Å². The van der Waals surface area contributed by atoms with E-state index in [1.165, 1.54) is 6.07 Å². The third kappa shape index (κ3) is 3.57. The van der Waals surface area contributed by atoms with Crippen LogP contribution in [0.4, 0.5) is 0 Å². The number of benzene rings is 1. The standard InChI is InChI=1S/C20H22N2O4/c23-17-6-3-4-15(10-17)19(24)22-13-20(14-22)11-18(7-9-26-20)25-12-16-5-1-2-8-21-16/h1-6,8,10,18,23H,7,9,11-14H2. The van der Waals surface area contributed by atoms with Crippen LogP contribution in [-0.2, 0) is 16.1 Å². The number of pyridine rings is 1. The second-order valence-corrected chi connectivity index (χ2v) is 6.99. The lowest BCUT2D eigenvalue weighted by molar-refractivity contribution is -0.188. The molecule has 2 aliphatic heterocycles. The number of carbonyl (C=O) groups is 1. The maximum atomic E-state index is 12.5. The first-order valence-corrected chi connectivity index (χ1v) is 8.87. The Bertz CT molecular complexity index is 774. The van der Waals surface area contributed by atoms with Crippen LogP contribution in [0.1, 0.15) is 28.9 Å². The number of carbonyl (C=O) groups excluding carboxylic acids is 1. The van der Waals surface area contributed by atoms with Gasteiger partial charge in [0.25, 0.3) is 5.91 Å². The summed E-state index contributed by atoms with van der Waals surface area (Å²) in [5.41, 5.74) is 1.11. The van der Waals surface area contributed by atoms with Gasteiger partial charge in [0.2, 0.25) is 0 Å². The molecule has 1 aromatic carbocycles. The molecule has 4 rings (SSSR count). The van der Waals surface area contributed by atoms with Crippen molar-refractivity contribution in [2.75, 3.05) is 19.7 Å². The van der Waals surface area contributed by atoms with Crippen LogP contribution in [0.5, 0.6) is 5.75 Å². The fourth-order valence-electron chi connectivity index (χ4n) is 3.65. The second kappa shape index (κ2) is 7.05. The topological polar surface area (TPSA) is 71.9 Å². The smallest absolute Gasteiger partial charge is 0.254 e. The number of amides is 1. The van der Waals surface area contributed by atoms with Gasteiger partial charge in [-0.3, -0.25) is 9.78 Å². The summed E-state index contributed by atoms with van der Waals surface area (Å²) in [4.78, 5) is 18.6. The van der Waals surface area contributed by atoms with Crippen LogP contribution in [0.2, 0.25) is 0 Å². The number of hydrogen-bond donors (Lipinski definition) is 1. The van der Waals surface area contributed by atoms with Gasteiger partial charge in [0, 0.05) is 24.8 Å². The van der Waals surface area contributed by atoms with Gasteiger partial charge in [0.15, 0.2) is 0 Å². The van der Waals surface area contributed by atoms with E-state index in [0.29, 0.717) is 31.9 Å². The van der Waals surface area contributed by atoms with E-state index in [9.17, 15) is 9.90 Å². The van der Waals surface area contributed by atoms with E-state index in [0.717, 1.165) is 18.5 Å². The molecule has 1 N–H and O–H groups in total. The fraction of sp³-hybridized carbons (Fsp3) is 0.400. The van der Waals surface area contributed by atoms with Gasteiger partial charge in [-0.25, -0.2) is 0 Å². The van der Waals surface area contributed by atoms with Crippen LogP contribution in [0.3, 0.4) is 0 Å². The highest BCUT2D eigenvalue weighted by molar-refractivity contribution is 5.95. The molecule has 136 valence electrons. The molecule has 2 aliphatic rings. The monoisotopic (exact) mass is 354 g/mol. The molecule has 0 aliphatic carbocycles. The Morgan fingerprint density at radius 3 is 2.96 bits per heavy atom. The molecule has 2 saturated heterocycles. The van der Waals surface area contributed by atoms with Gasteiger partial charge < -0.3 is 19.5 Å². The highest BCUT2D eigenvalue weighted by Gasteiger charge is 2.49. The molecule has 1 unspecified atom stereocenters. The maximum absolute atomic E-state index is 12.5. The summed E-state index contributed by atoms with van der Waals surface area (Å²) in [6, 6.07) is 12.2. The normalized spacial score (nSPS) is 21.4. The van der Waals surface area contributed by atoms with Crippen LogP contribution in [0.25, 0.3) is 0 Å². The highest BCUT2D eigenvalue weighted by atomic mass is 16.5.